The van der Waals surface area contributed by atoms with Gasteiger partial charge in [-0.05, 0) is 24.1 Å². The fraction of sp³-hybridized carbons (Fsp3) is 0.500. The third kappa shape index (κ3) is 4.37. The molecule has 0 amide bonds. The van der Waals surface area contributed by atoms with E-state index >= 15 is 0 Å². The quantitative estimate of drug-likeness (QED) is 0.754. The molecule has 4 heteroatoms. The van der Waals surface area contributed by atoms with Crippen molar-refractivity contribution < 1.29 is 14.3 Å². The van der Waals surface area contributed by atoms with Gasteiger partial charge in [0, 0.05) is 6.54 Å². The maximum absolute atomic E-state index is 11.8. The van der Waals surface area contributed by atoms with Gasteiger partial charge in [-0.1, -0.05) is 25.5 Å². The average Bonchev–Trinajstić information content (AvgIpc) is 2.42. The second kappa shape index (κ2) is 7.71. The van der Waals surface area contributed by atoms with E-state index in [0.717, 1.165) is 24.2 Å². The summed E-state index contributed by atoms with van der Waals surface area (Å²) in [5.41, 5.74) is 6.47. The monoisotopic (exact) mass is 251 g/mol. The summed E-state index contributed by atoms with van der Waals surface area (Å²) in [6, 6.07) is 7.47. The molecule has 0 saturated heterocycles. The van der Waals surface area contributed by atoms with E-state index in [0.29, 0.717) is 6.54 Å². The van der Waals surface area contributed by atoms with Crippen molar-refractivity contribution in [3.63, 3.8) is 0 Å². The first-order valence-corrected chi connectivity index (χ1v) is 6.20. The van der Waals surface area contributed by atoms with Crippen molar-refractivity contribution in [3.05, 3.63) is 29.8 Å². The molecule has 1 aromatic rings. The van der Waals surface area contributed by atoms with Gasteiger partial charge in [0.05, 0.1) is 13.0 Å². The molecule has 1 rings (SSSR count). The van der Waals surface area contributed by atoms with Gasteiger partial charge in [-0.15, -0.1) is 0 Å². The van der Waals surface area contributed by atoms with Gasteiger partial charge >= 0.3 is 5.97 Å². The Bertz CT molecular complexity index is 379. The third-order valence-electron chi connectivity index (χ3n) is 2.77. The van der Waals surface area contributed by atoms with E-state index in [-0.39, 0.29) is 18.5 Å². The van der Waals surface area contributed by atoms with Crippen LogP contribution in [0.5, 0.6) is 5.75 Å². The molecule has 0 saturated carbocycles. The number of nitrogens with two attached hydrogens (primary N) is 1. The van der Waals surface area contributed by atoms with Crippen molar-refractivity contribution in [1.82, 2.24) is 0 Å². The first kappa shape index (κ1) is 14.5. The summed E-state index contributed by atoms with van der Waals surface area (Å²) in [5.74, 6) is 0.343. The Morgan fingerprint density at radius 2 is 2.22 bits per heavy atom. The highest BCUT2D eigenvalue weighted by Crippen LogP contribution is 2.14. The molecule has 100 valence electrons. The van der Waals surface area contributed by atoms with Gasteiger partial charge in [-0.2, -0.15) is 0 Å². The maximum atomic E-state index is 11.8. The molecule has 2 N–H and O–H groups in total. The molecule has 1 unspecified atom stereocenters. The van der Waals surface area contributed by atoms with Gasteiger partial charge in [0.25, 0.3) is 0 Å². The predicted molar refractivity (Wildman–Crippen MR) is 70.2 cm³/mol. The molecule has 18 heavy (non-hydrogen) atoms. The number of esters is 1. The first-order chi connectivity index (χ1) is 8.71. The van der Waals surface area contributed by atoms with E-state index in [1.165, 1.54) is 0 Å². The van der Waals surface area contributed by atoms with Crippen LogP contribution in [0.25, 0.3) is 0 Å². The van der Waals surface area contributed by atoms with Gasteiger partial charge in [0.15, 0.2) is 0 Å². The van der Waals surface area contributed by atoms with E-state index < -0.39 is 0 Å². The fourth-order valence-electron chi connectivity index (χ4n) is 1.71. The standard InChI is InChI=1S/C14H21NO3/c1-3-5-12(9-15)14(16)18-10-11-6-4-7-13(8-11)17-2/h4,6-8,12H,3,5,9-10,15H2,1-2H3. The van der Waals surface area contributed by atoms with Gasteiger partial charge in [0.1, 0.15) is 12.4 Å². The Labute approximate surface area is 108 Å². The molecular weight excluding hydrogens is 230 g/mol. The van der Waals surface area contributed by atoms with Crippen LogP contribution in [0.2, 0.25) is 0 Å². The third-order valence-corrected chi connectivity index (χ3v) is 2.77. The summed E-state index contributed by atoms with van der Waals surface area (Å²) >= 11 is 0. The number of carbonyl (C=O) groups is 1. The minimum atomic E-state index is -0.220. The van der Waals surface area contributed by atoms with E-state index in [1.807, 2.05) is 31.2 Å². The van der Waals surface area contributed by atoms with Gasteiger partial charge in [-0.3, -0.25) is 4.79 Å². The van der Waals surface area contributed by atoms with Crippen molar-refractivity contribution >= 4 is 5.97 Å². The van der Waals surface area contributed by atoms with E-state index in [9.17, 15) is 4.79 Å². The summed E-state index contributed by atoms with van der Waals surface area (Å²) in [6.45, 7) is 2.62. The Morgan fingerprint density at radius 1 is 1.44 bits per heavy atom. The van der Waals surface area contributed by atoms with Crippen molar-refractivity contribution in [3.8, 4) is 5.75 Å². The lowest BCUT2D eigenvalue weighted by molar-refractivity contribution is -0.149. The molecule has 0 bridgehead atoms. The van der Waals surface area contributed by atoms with Crippen LogP contribution in [-0.2, 0) is 16.1 Å². The Kier molecular flexibility index (Phi) is 6.22. The molecule has 4 nitrogen and oxygen atoms in total. The summed E-state index contributed by atoms with van der Waals surface area (Å²) in [6.07, 6.45) is 1.70. The number of hydrogen-bond donors (Lipinski definition) is 1. The lowest BCUT2D eigenvalue weighted by Gasteiger charge is -2.13. The lowest BCUT2D eigenvalue weighted by atomic mass is 10.0. The summed E-state index contributed by atoms with van der Waals surface area (Å²) < 4.78 is 10.4. The van der Waals surface area contributed by atoms with Crippen LogP contribution >= 0.6 is 0 Å². The summed E-state index contributed by atoms with van der Waals surface area (Å²) in [5, 5.41) is 0. The molecule has 0 aliphatic heterocycles. The number of hydrogen-bond acceptors (Lipinski definition) is 4. The number of benzene rings is 1. The van der Waals surface area contributed by atoms with Crippen molar-refractivity contribution in [1.29, 1.82) is 0 Å². The molecule has 0 heterocycles. The van der Waals surface area contributed by atoms with Crippen LogP contribution < -0.4 is 10.5 Å². The van der Waals surface area contributed by atoms with Crippen molar-refractivity contribution in [2.75, 3.05) is 13.7 Å². The van der Waals surface area contributed by atoms with Crippen LogP contribution in [0.15, 0.2) is 24.3 Å². The second-order valence-electron chi connectivity index (χ2n) is 4.18. The number of methoxy groups -OCH3 is 1. The van der Waals surface area contributed by atoms with Gasteiger partial charge in [0.2, 0.25) is 0 Å². The van der Waals surface area contributed by atoms with Crippen LogP contribution in [-0.4, -0.2) is 19.6 Å². The Morgan fingerprint density at radius 3 is 2.83 bits per heavy atom. The molecule has 0 fully saturated rings. The van der Waals surface area contributed by atoms with Crippen molar-refractivity contribution in [2.45, 2.75) is 26.4 Å². The zero-order chi connectivity index (χ0) is 13.4. The fourth-order valence-corrected chi connectivity index (χ4v) is 1.71. The molecule has 1 atom stereocenters. The minimum Gasteiger partial charge on any atom is -0.497 e. The highest BCUT2D eigenvalue weighted by atomic mass is 16.5. The largest absolute Gasteiger partial charge is 0.497 e. The van der Waals surface area contributed by atoms with E-state index in [2.05, 4.69) is 0 Å². The molecule has 0 radical (unpaired) electrons. The van der Waals surface area contributed by atoms with Gasteiger partial charge < -0.3 is 15.2 Å². The van der Waals surface area contributed by atoms with Crippen LogP contribution in [0.1, 0.15) is 25.3 Å². The zero-order valence-corrected chi connectivity index (χ0v) is 11.0. The molecule has 1 aromatic carbocycles. The summed E-state index contributed by atoms with van der Waals surface area (Å²) in [7, 11) is 1.61. The highest BCUT2D eigenvalue weighted by molar-refractivity contribution is 5.72. The molecule has 0 aliphatic rings. The van der Waals surface area contributed by atoms with Crippen LogP contribution in [0, 0.1) is 5.92 Å². The van der Waals surface area contributed by atoms with E-state index in [1.54, 1.807) is 7.11 Å². The molecular formula is C14H21NO3. The highest BCUT2D eigenvalue weighted by Gasteiger charge is 2.17. The second-order valence-corrected chi connectivity index (χ2v) is 4.18. The minimum absolute atomic E-state index is 0.194. The maximum Gasteiger partial charge on any atom is 0.310 e. The van der Waals surface area contributed by atoms with Crippen LogP contribution in [0.4, 0.5) is 0 Å². The smallest absolute Gasteiger partial charge is 0.310 e. The Hall–Kier alpha value is -1.55. The Balaban J connectivity index is 2.50. The zero-order valence-electron chi connectivity index (χ0n) is 11.0. The van der Waals surface area contributed by atoms with Crippen molar-refractivity contribution in [2.24, 2.45) is 11.7 Å². The lowest BCUT2D eigenvalue weighted by Crippen LogP contribution is -2.25. The first-order valence-electron chi connectivity index (χ1n) is 6.20. The normalized spacial score (nSPS) is 11.9. The number of rotatable bonds is 7. The molecule has 0 aliphatic carbocycles. The summed E-state index contributed by atoms with van der Waals surface area (Å²) in [4.78, 5) is 11.8. The predicted octanol–water partition coefficient (Wildman–Crippen LogP) is 2.11. The topological polar surface area (TPSA) is 61.6 Å². The van der Waals surface area contributed by atoms with Gasteiger partial charge in [-0.25, -0.2) is 0 Å². The molecule has 0 spiro atoms. The van der Waals surface area contributed by atoms with Crippen LogP contribution in [0.3, 0.4) is 0 Å². The average molecular weight is 251 g/mol. The molecule has 0 aromatic heterocycles. The SMILES string of the molecule is CCCC(CN)C(=O)OCc1cccc(OC)c1. The van der Waals surface area contributed by atoms with E-state index in [4.69, 9.17) is 15.2 Å². The number of carbonyl (C=O) groups excluding carboxylic acids is 1. The number of ether oxygens (including phenoxy) is 2.